The molecule has 20 nitrogen and oxygen atoms in total. The number of anilines is 7. The van der Waals surface area contributed by atoms with Gasteiger partial charge in [-0.2, -0.15) is 0 Å². The van der Waals surface area contributed by atoms with Gasteiger partial charge in [0.2, 0.25) is 0 Å². The van der Waals surface area contributed by atoms with E-state index >= 15 is 0 Å². The summed E-state index contributed by atoms with van der Waals surface area (Å²) >= 11 is 5.87. The molecule has 8 heterocycles. The average molecular weight is 1140 g/mol. The number of nitrogen functional groups attached to an aromatic ring is 1. The van der Waals surface area contributed by atoms with Crippen LogP contribution < -0.4 is 41.0 Å². The number of likely N-dealkylation sites (N-methyl/N-ethyl adjacent to an activating group) is 2. The number of rotatable bonds is 14. The van der Waals surface area contributed by atoms with E-state index in [0.29, 0.717) is 107 Å². The lowest BCUT2D eigenvalue weighted by Gasteiger charge is -2.42. The Bertz CT molecular complexity index is 3280. The highest BCUT2D eigenvalue weighted by molar-refractivity contribution is 6.31. The van der Waals surface area contributed by atoms with Crippen LogP contribution in [-0.2, 0) is 22.2 Å². The first-order chi connectivity index (χ1) is 44.8. The Hall–Kier alpha value is -5.97. The van der Waals surface area contributed by atoms with Crippen LogP contribution in [0.25, 0.3) is 9.69 Å². The minimum atomic E-state index is -3.03. The maximum absolute atomic E-state index is 8.38. The van der Waals surface area contributed by atoms with Crippen LogP contribution >= 0.6 is 11.6 Å². The summed E-state index contributed by atoms with van der Waals surface area (Å²) in [5.74, 6) is 0.851. The molecule has 2 aromatic carbocycles. The molecule has 2 aromatic heterocycles. The summed E-state index contributed by atoms with van der Waals surface area (Å²) in [6.45, 7) is 15.9. The summed E-state index contributed by atoms with van der Waals surface area (Å²) in [5.41, 5.74) is 8.27. The number of piperidine rings is 2. The van der Waals surface area contributed by atoms with E-state index in [1.54, 1.807) is 30.1 Å². The van der Waals surface area contributed by atoms with E-state index in [4.69, 9.17) is 71.4 Å². The summed E-state index contributed by atoms with van der Waals surface area (Å²) in [5, 5.41) is 9.08. The average Bonchev–Trinajstić information content (AvgIpc) is 1.02. The molecule has 21 heteroatoms. The number of nitrogens with one attached hydrogen (secondary N) is 3. The number of nitrogens with two attached hydrogens (primary N) is 1. The number of halogens is 1. The van der Waals surface area contributed by atoms with Crippen LogP contribution in [0.2, 0.25) is 5.15 Å². The second-order valence-electron chi connectivity index (χ2n) is 20.1. The van der Waals surface area contributed by atoms with Crippen LogP contribution in [0.3, 0.4) is 0 Å². The number of aromatic nitrogens is 4. The van der Waals surface area contributed by atoms with Crippen molar-refractivity contribution in [3.63, 3.8) is 0 Å². The first kappa shape index (κ1) is 42.8. The first-order valence-electron chi connectivity index (χ1n) is 35.1. The predicted octanol–water partition coefficient (Wildman–Crippen LogP) is 9.11. The molecule has 0 radical (unpaired) electrons. The van der Waals surface area contributed by atoms with Crippen LogP contribution in [0.15, 0.2) is 36.4 Å². The summed E-state index contributed by atoms with van der Waals surface area (Å²) < 4.78 is 146. The molecule has 0 unspecified atom stereocenters. The van der Waals surface area contributed by atoms with E-state index in [9.17, 15) is 0 Å². The number of benzene rings is 2. The molecule has 4 aromatic rings. The molecule has 6 saturated heterocycles. The number of hydrogen-bond donors (Lipinski definition) is 4. The van der Waals surface area contributed by atoms with E-state index in [0.717, 1.165) is 95.2 Å². The SMILES string of the molecule is C.[2H]C([2H])([2H])C([2H])([2H])c1nc([N+]#[C-])c(Cl)nc1NC1CCOCC1.[2H]C([2H])([2H])N1CCN(C2CCN(c3ccc(N)cc3OC)CC2)CC1.[2H]C([2H])([2H])N1CCN(C2CCN(c3ccc(Nc4nc(NC5CCOCC5)c(C([2H])([2H])C([2H])([2H])[2H])nc4[N+]#[C-])cc3OC)CC2)CC1. The minimum absolute atomic E-state index is 0. The topological polar surface area (TPSA) is 179 Å². The summed E-state index contributed by atoms with van der Waals surface area (Å²) in [6.07, 6.45) is 1.03. The van der Waals surface area contributed by atoms with Gasteiger partial charge in [-0.25, -0.2) is 9.97 Å². The van der Waals surface area contributed by atoms with Gasteiger partial charge in [0.05, 0.1) is 25.6 Å². The van der Waals surface area contributed by atoms with Crippen molar-refractivity contribution in [3.8, 4) is 11.5 Å². The van der Waals surface area contributed by atoms with Crippen LogP contribution in [0, 0.1) is 13.1 Å². The third-order valence-electron chi connectivity index (χ3n) is 15.2. The Morgan fingerprint density at radius 2 is 1.09 bits per heavy atom. The molecule has 6 aliphatic rings. The van der Waals surface area contributed by atoms with Gasteiger partial charge in [-0.1, -0.05) is 45.9 Å². The Morgan fingerprint density at radius 3 is 1.55 bits per heavy atom. The molecule has 80 heavy (non-hydrogen) atoms. The number of aryl methyl sites for hydroxylation is 2. The summed E-state index contributed by atoms with van der Waals surface area (Å²) in [6, 6.07) is 12.1. The Labute approximate surface area is 504 Å². The van der Waals surface area contributed by atoms with E-state index in [1.165, 1.54) is 0 Å². The van der Waals surface area contributed by atoms with Crippen LogP contribution in [0.1, 0.15) is 106 Å². The second kappa shape index (κ2) is 30.7. The third kappa shape index (κ3) is 16.6. The standard InChI is InChI=1S/C29H42N8O2.C17H28N4O.C12H15ClN4O.CH4/c1-5-24-27(31-21-10-18-39-19-11-21)34-29(28(30-2)33-24)32-22-6-7-25(26(20-22)38-4)37-12-8-23(9-13-37)36-16-14-35(3)15-17-36;1-19-9-11-20(12-10-19)15-5-7-21(8-6-15)16-4-3-14(18)13-17(16)22-2;1-3-9-11(15-8-4-6-18-7-5-8)17-10(13)12(14-2)16-9;/h6-7,20-21,23H,5,8-19H2,1,3-4H3,(H2,31,32,34);3-4,13,15H,5-12,18H2,1-2H3;8H,3-7H2,1H3,(H,15,17);1H4/i1D3,3D3,5D2;1D3;1D3,3D2;. The molecule has 5 N–H and O–H groups in total. The van der Waals surface area contributed by atoms with Crippen molar-refractivity contribution in [2.24, 2.45) is 0 Å². The molecular formula is C59H89ClN16O4. The number of hydrogen-bond acceptors (Lipinski definition) is 18. The summed E-state index contributed by atoms with van der Waals surface area (Å²) in [4.78, 5) is 35.7. The zero-order valence-electron chi connectivity index (χ0n) is 61.2. The largest absolute Gasteiger partial charge is 0.495 e. The lowest BCUT2D eigenvalue weighted by molar-refractivity contribution is 0.0902. The van der Waals surface area contributed by atoms with Crippen molar-refractivity contribution in [1.82, 2.24) is 39.5 Å². The van der Waals surface area contributed by atoms with Crippen LogP contribution in [0.4, 0.5) is 51.8 Å². The highest BCUT2D eigenvalue weighted by atomic mass is 35.5. The molecule has 10 rings (SSSR count). The van der Waals surface area contributed by atoms with Crippen molar-refractivity contribution >= 4 is 63.4 Å². The minimum Gasteiger partial charge on any atom is -0.495 e. The van der Waals surface area contributed by atoms with Gasteiger partial charge in [0.1, 0.15) is 11.5 Å². The van der Waals surface area contributed by atoms with E-state index in [2.05, 4.69) is 65.2 Å². The highest BCUT2D eigenvalue weighted by Crippen LogP contribution is 2.37. The number of methoxy groups -OCH3 is 2. The number of ether oxygens (including phenoxy) is 4. The van der Waals surface area contributed by atoms with Gasteiger partial charge in [-0.15, -0.1) is 9.97 Å². The third-order valence-corrected chi connectivity index (χ3v) is 15.5. The normalized spacial score (nSPS) is 23.4. The fourth-order valence-electron chi connectivity index (χ4n) is 10.7. The molecule has 6 aliphatic heterocycles. The van der Waals surface area contributed by atoms with Crippen molar-refractivity contribution in [3.05, 3.63) is 75.8 Å². The quantitative estimate of drug-likeness (QED) is 0.0693. The van der Waals surface area contributed by atoms with Gasteiger partial charge in [0.25, 0.3) is 0 Å². The maximum atomic E-state index is 8.38. The smallest absolute Gasteiger partial charge is 0.312 e. The summed E-state index contributed by atoms with van der Waals surface area (Å²) in [7, 11) is 3.27. The lowest BCUT2D eigenvalue weighted by atomic mass is 10.0. The zero-order valence-corrected chi connectivity index (χ0v) is 46.0. The van der Waals surface area contributed by atoms with Gasteiger partial charge in [-0.3, -0.25) is 9.80 Å². The second-order valence-corrected chi connectivity index (χ2v) is 20.4. The van der Waals surface area contributed by atoms with E-state index in [-0.39, 0.29) is 53.8 Å². The maximum Gasteiger partial charge on any atom is 0.312 e. The molecule has 0 bridgehead atoms. The highest BCUT2D eigenvalue weighted by Gasteiger charge is 2.30. The van der Waals surface area contributed by atoms with Gasteiger partial charge in [0.15, 0.2) is 34.0 Å². The van der Waals surface area contributed by atoms with E-state index < -0.39 is 51.8 Å². The molecule has 0 saturated carbocycles. The molecule has 0 amide bonds. The molecule has 0 aliphatic carbocycles. The van der Waals surface area contributed by atoms with Crippen molar-refractivity contribution in [2.45, 2.75) is 109 Å². The molecule has 0 spiro atoms. The molecule has 436 valence electrons. The van der Waals surface area contributed by atoms with E-state index in [1.807, 2.05) is 30.3 Å². The predicted molar refractivity (Wildman–Crippen MR) is 324 cm³/mol. The van der Waals surface area contributed by atoms with Gasteiger partial charge in [-0.05, 0) is 89.6 Å². The Balaban J connectivity index is 0.000000223. The van der Waals surface area contributed by atoms with Crippen molar-refractivity contribution < 1.29 is 40.9 Å². The van der Waals surface area contributed by atoms with Crippen LogP contribution in [0.5, 0.6) is 11.5 Å². The molecule has 0 atom stereocenters. The molecule has 6 fully saturated rings. The first-order valence-corrected chi connectivity index (χ1v) is 27.4. The lowest BCUT2D eigenvalue weighted by Crippen LogP contribution is -2.52. The van der Waals surface area contributed by atoms with Crippen molar-refractivity contribution in [1.29, 1.82) is 0 Å². The number of piperazine rings is 2. The van der Waals surface area contributed by atoms with Gasteiger partial charge in [0, 0.05) is 187 Å². The van der Waals surface area contributed by atoms with Crippen LogP contribution in [-0.4, -0.2) is 197 Å². The van der Waals surface area contributed by atoms with Gasteiger partial charge < -0.3 is 69.9 Å². The fourth-order valence-corrected chi connectivity index (χ4v) is 10.9. The monoisotopic (exact) mass is 1140 g/mol. The Kier molecular flexibility index (Phi) is 16.4. The zero-order chi connectivity index (χ0) is 69.3. The number of nitrogens with zero attached hydrogens (tertiary/aromatic N) is 12. The molecular weight excluding hydrogens is 1030 g/mol. The van der Waals surface area contributed by atoms with Gasteiger partial charge >= 0.3 is 11.6 Å². The van der Waals surface area contributed by atoms with Crippen molar-refractivity contribution in [2.75, 3.05) is 165 Å². The fraction of sp³-hybridized carbons (Fsp3) is 0.627. The Morgan fingerprint density at radius 1 is 0.625 bits per heavy atom.